The molecule has 0 bridgehead atoms. The van der Waals surface area contributed by atoms with Crippen LogP contribution in [-0.2, 0) is 4.79 Å². The molecule has 0 aliphatic carbocycles. The van der Waals surface area contributed by atoms with Gasteiger partial charge in [-0.15, -0.1) is 0 Å². The van der Waals surface area contributed by atoms with Crippen molar-refractivity contribution in [2.75, 3.05) is 0 Å². The highest BCUT2D eigenvalue weighted by Crippen LogP contribution is 2.07. The molecule has 1 aromatic rings. The average molecular weight is 196 g/mol. The summed E-state index contributed by atoms with van der Waals surface area (Å²) in [5, 5.41) is 8.60. The lowest BCUT2D eigenvalue weighted by molar-refractivity contribution is -0.144. The van der Waals surface area contributed by atoms with Crippen molar-refractivity contribution in [2.24, 2.45) is 0 Å². The van der Waals surface area contributed by atoms with Crippen LogP contribution in [0.4, 0.5) is 0 Å². The summed E-state index contributed by atoms with van der Waals surface area (Å²) in [6, 6.07) is 1.90. The molecule has 0 aliphatic rings. The van der Waals surface area contributed by atoms with Crippen LogP contribution in [0.1, 0.15) is 18.3 Å². The Hall–Kier alpha value is -1.65. The second kappa shape index (κ2) is 4.04. The van der Waals surface area contributed by atoms with Crippen LogP contribution in [0.5, 0.6) is 6.01 Å². The van der Waals surface area contributed by atoms with Crippen molar-refractivity contribution in [3.8, 4) is 6.01 Å². The Balaban J connectivity index is 2.81. The van der Waals surface area contributed by atoms with E-state index in [1.807, 2.05) is 0 Å². The zero-order chi connectivity index (χ0) is 10.7. The number of carboxylic acid groups (broad SMARTS) is 1. The van der Waals surface area contributed by atoms with Crippen LogP contribution in [0.15, 0.2) is 6.07 Å². The van der Waals surface area contributed by atoms with Gasteiger partial charge in [0.1, 0.15) is 0 Å². The molecule has 0 saturated carbocycles. The van der Waals surface area contributed by atoms with E-state index in [1.54, 1.807) is 19.9 Å². The number of carbonyl (C=O) groups is 1. The number of hydrogen-bond acceptors (Lipinski definition) is 4. The Morgan fingerprint density at radius 3 is 2.36 bits per heavy atom. The molecule has 0 saturated heterocycles. The molecule has 1 atom stereocenters. The first-order valence-corrected chi connectivity index (χ1v) is 4.21. The van der Waals surface area contributed by atoms with Gasteiger partial charge in [0.25, 0.3) is 0 Å². The Labute approximate surface area is 81.8 Å². The van der Waals surface area contributed by atoms with Crippen molar-refractivity contribution in [3.63, 3.8) is 0 Å². The summed E-state index contributed by atoms with van der Waals surface area (Å²) < 4.78 is 5.02. The van der Waals surface area contributed by atoms with E-state index >= 15 is 0 Å². The fourth-order valence-corrected chi connectivity index (χ4v) is 0.955. The van der Waals surface area contributed by atoms with Crippen LogP contribution in [0.25, 0.3) is 0 Å². The topological polar surface area (TPSA) is 72.3 Å². The molecule has 5 nitrogen and oxygen atoms in total. The van der Waals surface area contributed by atoms with Gasteiger partial charge in [-0.25, -0.2) is 14.8 Å². The zero-order valence-corrected chi connectivity index (χ0v) is 8.31. The second-order valence-electron chi connectivity index (χ2n) is 3.03. The minimum atomic E-state index is -1.03. The summed E-state index contributed by atoms with van der Waals surface area (Å²) in [5.74, 6) is -1.03. The summed E-state index contributed by atoms with van der Waals surface area (Å²) >= 11 is 0. The molecule has 1 N–H and O–H groups in total. The van der Waals surface area contributed by atoms with Crippen molar-refractivity contribution in [3.05, 3.63) is 17.5 Å². The predicted molar refractivity (Wildman–Crippen MR) is 49.2 cm³/mol. The molecule has 0 aromatic carbocycles. The fourth-order valence-electron chi connectivity index (χ4n) is 0.955. The van der Waals surface area contributed by atoms with Crippen molar-refractivity contribution >= 4 is 5.97 Å². The van der Waals surface area contributed by atoms with E-state index in [1.165, 1.54) is 6.92 Å². The Morgan fingerprint density at radius 1 is 1.43 bits per heavy atom. The lowest BCUT2D eigenvalue weighted by Gasteiger charge is -2.08. The van der Waals surface area contributed by atoms with Gasteiger partial charge in [0.05, 0.1) is 0 Å². The maximum absolute atomic E-state index is 10.5. The number of aryl methyl sites for hydroxylation is 2. The number of rotatable bonds is 3. The highest BCUT2D eigenvalue weighted by molar-refractivity contribution is 5.72. The third kappa shape index (κ3) is 2.69. The van der Waals surface area contributed by atoms with Crippen LogP contribution < -0.4 is 4.74 Å². The molecule has 1 rings (SSSR count). The molecule has 0 radical (unpaired) electrons. The van der Waals surface area contributed by atoms with Gasteiger partial charge in [-0.2, -0.15) is 0 Å². The molecule has 0 aliphatic heterocycles. The zero-order valence-electron chi connectivity index (χ0n) is 8.31. The molecule has 1 heterocycles. The van der Waals surface area contributed by atoms with E-state index in [-0.39, 0.29) is 6.01 Å². The van der Waals surface area contributed by atoms with Crippen molar-refractivity contribution in [1.29, 1.82) is 0 Å². The first-order valence-electron chi connectivity index (χ1n) is 4.21. The molecule has 0 amide bonds. The van der Waals surface area contributed by atoms with Crippen LogP contribution in [0.2, 0.25) is 0 Å². The van der Waals surface area contributed by atoms with E-state index in [4.69, 9.17) is 9.84 Å². The lowest BCUT2D eigenvalue weighted by atomic mass is 10.4. The van der Waals surface area contributed by atoms with Crippen LogP contribution >= 0.6 is 0 Å². The van der Waals surface area contributed by atoms with E-state index in [0.717, 1.165) is 11.4 Å². The Bertz CT molecular complexity index is 332. The predicted octanol–water partition coefficient (Wildman–Crippen LogP) is 0.945. The number of aliphatic carboxylic acids is 1. The third-order valence-corrected chi connectivity index (χ3v) is 1.59. The number of ether oxygens (including phenoxy) is 1. The van der Waals surface area contributed by atoms with Gasteiger partial charge in [-0.3, -0.25) is 0 Å². The highest BCUT2D eigenvalue weighted by Gasteiger charge is 2.14. The summed E-state index contributed by atoms with van der Waals surface area (Å²) in [5.41, 5.74) is 1.51. The average Bonchev–Trinajstić information content (AvgIpc) is 2.01. The smallest absolute Gasteiger partial charge is 0.344 e. The molecule has 1 unspecified atom stereocenters. The van der Waals surface area contributed by atoms with Gasteiger partial charge < -0.3 is 9.84 Å². The van der Waals surface area contributed by atoms with Crippen LogP contribution in [-0.4, -0.2) is 27.1 Å². The largest absolute Gasteiger partial charge is 0.479 e. The number of hydrogen-bond donors (Lipinski definition) is 1. The monoisotopic (exact) mass is 196 g/mol. The van der Waals surface area contributed by atoms with E-state index < -0.39 is 12.1 Å². The van der Waals surface area contributed by atoms with Gasteiger partial charge in [-0.05, 0) is 26.8 Å². The summed E-state index contributed by atoms with van der Waals surface area (Å²) in [6.45, 7) is 5.03. The molecule has 14 heavy (non-hydrogen) atoms. The number of aromatic nitrogens is 2. The molecule has 0 spiro atoms. The molecule has 0 fully saturated rings. The summed E-state index contributed by atoms with van der Waals surface area (Å²) in [4.78, 5) is 18.4. The molecular formula is C9H12N2O3. The minimum Gasteiger partial charge on any atom is -0.479 e. The first-order chi connectivity index (χ1) is 6.49. The first kappa shape index (κ1) is 10.4. The summed E-state index contributed by atoms with van der Waals surface area (Å²) in [7, 11) is 0. The quantitative estimate of drug-likeness (QED) is 0.779. The molecule has 76 valence electrons. The number of carboxylic acids is 1. The Kier molecular flexibility index (Phi) is 3.01. The number of nitrogens with zero attached hydrogens (tertiary/aromatic N) is 2. The molecule has 5 heteroatoms. The SMILES string of the molecule is Cc1cc(C)nc(OC(C)C(=O)O)n1. The van der Waals surface area contributed by atoms with E-state index in [0.29, 0.717) is 0 Å². The van der Waals surface area contributed by atoms with Crippen molar-refractivity contribution in [2.45, 2.75) is 26.9 Å². The van der Waals surface area contributed by atoms with Crippen LogP contribution in [0, 0.1) is 13.8 Å². The lowest BCUT2D eigenvalue weighted by Crippen LogP contribution is -2.24. The maximum Gasteiger partial charge on any atom is 0.344 e. The van der Waals surface area contributed by atoms with E-state index in [2.05, 4.69) is 9.97 Å². The standard InChI is InChI=1S/C9H12N2O3/c1-5-4-6(2)11-9(10-5)14-7(3)8(12)13/h4,7H,1-3H3,(H,12,13). The van der Waals surface area contributed by atoms with Crippen LogP contribution in [0.3, 0.4) is 0 Å². The molecule has 1 aromatic heterocycles. The van der Waals surface area contributed by atoms with Crippen molar-refractivity contribution in [1.82, 2.24) is 9.97 Å². The summed E-state index contributed by atoms with van der Waals surface area (Å²) in [6.07, 6.45) is -0.934. The van der Waals surface area contributed by atoms with Gasteiger partial charge in [0, 0.05) is 11.4 Å². The van der Waals surface area contributed by atoms with Gasteiger partial charge >= 0.3 is 12.0 Å². The fraction of sp³-hybridized carbons (Fsp3) is 0.444. The highest BCUT2D eigenvalue weighted by atomic mass is 16.5. The molecular weight excluding hydrogens is 184 g/mol. The second-order valence-corrected chi connectivity index (χ2v) is 3.03. The third-order valence-electron chi connectivity index (χ3n) is 1.59. The minimum absolute atomic E-state index is 0.109. The maximum atomic E-state index is 10.5. The normalized spacial score (nSPS) is 12.2. The van der Waals surface area contributed by atoms with E-state index in [9.17, 15) is 4.79 Å². The van der Waals surface area contributed by atoms with Gasteiger partial charge in [-0.1, -0.05) is 0 Å². The van der Waals surface area contributed by atoms with Gasteiger partial charge in [0.2, 0.25) is 0 Å². The van der Waals surface area contributed by atoms with Gasteiger partial charge in [0.15, 0.2) is 6.10 Å². The van der Waals surface area contributed by atoms with Crippen molar-refractivity contribution < 1.29 is 14.6 Å². The Morgan fingerprint density at radius 2 is 1.93 bits per heavy atom.